The summed E-state index contributed by atoms with van der Waals surface area (Å²) in [6.07, 6.45) is 2.04. The van der Waals surface area contributed by atoms with Crippen LogP contribution in [-0.4, -0.2) is 44.2 Å². The van der Waals surface area contributed by atoms with Gasteiger partial charge in [0.1, 0.15) is 5.75 Å². The fourth-order valence-electron chi connectivity index (χ4n) is 2.28. The zero-order chi connectivity index (χ0) is 14.4. The van der Waals surface area contributed by atoms with Crippen LogP contribution < -0.4 is 10.5 Å². The molecule has 0 atom stereocenters. The number of likely N-dealkylation sites (N-methyl/N-ethyl adjacent to an activating group) is 1. The summed E-state index contributed by atoms with van der Waals surface area (Å²) in [5.74, 6) is 1.14. The van der Waals surface area contributed by atoms with Crippen LogP contribution in [0.2, 0.25) is 0 Å². The Morgan fingerprint density at radius 1 is 1.45 bits per heavy atom. The van der Waals surface area contributed by atoms with Crippen molar-refractivity contribution in [2.45, 2.75) is 12.8 Å². The first-order chi connectivity index (χ1) is 9.65. The predicted molar refractivity (Wildman–Crippen MR) is 77.5 cm³/mol. The average Bonchev–Trinajstić information content (AvgIpc) is 2.46. The van der Waals surface area contributed by atoms with Gasteiger partial charge in [-0.25, -0.2) is 0 Å². The quantitative estimate of drug-likeness (QED) is 0.830. The molecule has 110 valence electrons. The molecule has 0 radical (unpaired) electrons. The second-order valence-corrected chi connectivity index (χ2v) is 5.19. The molecule has 1 fully saturated rings. The number of amides is 1. The van der Waals surface area contributed by atoms with Gasteiger partial charge in [0.2, 0.25) is 0 Å². The lowest BCUT2D eigenvalue weighted by Gasteiger charge is -2.27. The number of nitrogens with zero attached hydrogens (tertiary/aromatic N) is 1. The summed E-state index contributed by atoms with van der Waals surface area (Å²) in [7, 11) is 1.82. The smallest absolute Gasteiger partial charge is 0.260 e. The monoisotopic (exact) mass is 278 g/mol. The Morgan fingerprint density at radius 2 is 2.20 bits per heavy atom. The first-order valence-electron chi connectivity index (χ1n) is 6.95. The number of benzene rings is 1. The van der Waals surface area contributed by atoms with Crippen molar-refractivity contribution in [3.63, 3.8) is 0 Å². The maximum atomic E-state index is 12.0. The van der Waals surface area contributed by atoms with Crippen molar-refractivity contribution in [1.82, 2.24) is 4.90 Å². The third-order valence-electron chi connectivity index (χ3n) is 3.52. The summed E-state index contributed by atoms with van der Waals surface area (Å²) in [5, 5.41) is 0. The van der Waals surface area contributed by atoms with Crippen LogP contribution in [0.1, 0.15) is 12.8 Å². The molecule has 1 saturated heterocycles. The Balaban J connectivity index is 1.76. The van der Waals surface area contributed by atoms with Crippen LogP contribution >= 0.6 is 0 Å². The molecule has 1 aromatic carbocycles. The second kappa shape index (κ2) is 7.14. The summed E-state index contributed by atoms with van der Waals surface area (Å²) in [4.78, 5) is 13.8. The molecular formula is C15H22N2O3. The molecule has 0 unspecified atom stereocenters. The molecule has 1 aliphatic heterocycles. The SMILES string of the molecule is CN(CC1CCOCC1)C(=O)COc1cccc(N)c1. The van der Waals surface area contributed by atoms with Gasteiger partial charge in [-0.05, 0) is 30.9 Å². The van der Waals surface area contributed by atoms with Gasteiger partial charge in [-0.2, -0.15) is 0 Å². The number of nitrogens with two attached hydrogens (primary N) is 1. The standard InChI is InChI=1S/C15H22N2O3/c1-17(10-12-5-7-19-8-6-12)15(18)11-20-14-4-2-3-13(16)9-14/h2-4,9,12H,5-8,10-11,16H2,1H3. The lowest BCUT2D eigenvalue weighted by molar-refractivity contribution is -0.133. The predicted octanol–water partition coefficient (Wildman–Crippen LogP) is 1.53. The van der Waals surface area contributed by atoms with E-state index in [1.807, 2.05) is 7.05 Å². The number of rotatable bonds is 5. The van der Waals surface area contributed by atoms with Gasteiger partial charge in [-0.15, -0.1) is 0 Å². The van der Waals surface area contributed by atoms with E-state index in [4.69, 9.17) is 15.2 Å². The zero-order valence-electron chi connectivity index (χ0n) is 11.9. The molecule has 1 heterocycles. The molecule has 0 bridgehead atoms. The van der Waals surface area contributed by atoms with Gasteiger partial charge < -0.3 is 20.1 Å². The van der Waals surface area contributed by atoms with Crippen molar-refractivity contribution in [1.29, 1.82) is 0 Å². The van der Waals surface area contributed by atoms with Crippen molar-refractivity contribution in [3.8, 4) is 5.75 Å². The number of hydrogen-bond acceptors (Lipinski definition) is 4. The first kappa shape index (κ1) is 14.7. The molecule has 2 N–H and O–H groups in total. The Bertz CT molecular complexity index is 444. The zero-order valence-corrected chi connectivity index (χ0v) is 11.9. The van der Waals surface area contributed by atoms with E-state index < -0.39 is 0 Å². The van der Waals surface area contributed by atoms with Crippen molar-refractivity contribution in [2.24, 2.45) is 5.92 Å². The second-order valence-electron chi connectivity index (χ2n) is 5.19. The van der Waals surface area contributed by atoms with E-state index in [0.717, 1.165) is 32.6 Å². The molecule has 0 spiro atoms. The van der Waals surface area contributed by atoms with Crippen molar-refractivity contribution in [2.75, 3.05) is 39.1 Å². The molecule has 1 amide bonds. The third kappa shape index (κ3) is 4.42. The van der Waals surface area contributed by atoms with Crippen molar-refractivity contribution >= 4 is 11.6 Å². The van der Waals surface area contributed by atoms with Crippen LogP contribution in [0.3, 0.4) is 0 Å². The Morgan fingerprint density at radius 3 is 2.90 bits per heavy atom. The van der Waals surface area contributed by atoms with Crippen molar-refractivity contribution < 1.29 is 14.3 Å². The van der Waals surface area contributed by atoms with Crippen LogP contribution in [0.25, 0.3) is 0 Å². The maximum Gasteiger partial charge on any atom is 0.260 e. The number of carbonyl (C=O) groups is 1. The lowest BCUT2D eigenvalue weighted by atomic mass is 10.00. The van der Waals surface area contributed by atoms with Crippen LogP contribution in [0.5, 0.6) is 5.75 Å². The van der Waals surface area contributed by atoms with E-state index in [-0.39, 0.29) is 12.5 Å². The molecule has 0 aromatic heterocycles. The largest absolute Gasteiger partial charge is 0.484 e. The van der Waals surface area contributed by atoms with Gasteiger partial charge in [0, 0.05) is 38.6 Å². The number of nitrogen functional groups attached to an aromatic ring is 1. The van der Waals surface area contributed by atoms with Gasteiger partial charge in [0.05, 0.1) is 0 Å². The number of carbonyl (C=O) groups excluding carboxylic acids is 1. The van der Waals surface area contributed by atoms with Crippen molar-refractivity contribution in [3.05, 3.63) is 24.3 Å². The Kier molecular flexibility index (Phi) is 5.24. The first-order valence-corrected chi connectivity index (χ1v) is 6.95. The van der Waals surface area contributed by atoms with Gasteiger partial charge in [-0.3, -0.25) is 4.79 Å². The van der Waals surface area contributed by atoms with Crippen LogP contribution in [0, 0.1) is 5.92 Å². The van der Waals surface area contributed by atoms with E-state index >= 15 is 0 Å². The van der Waals surface area contributed by atoms with E-state index in [1.54, 1.807) is 29.2 Å². The minimum Gasteiger partial charge on any atom is -0.484 e. The summed E-state index contributed by atoms with van der Waals surface area (Å²) < 4.78 is 10.8. The highest BCUT2D eigenvalue weighted by Crippen LogP contribution is 2.16. The minimum atomic E-state index is -0.0149. The molecule has 5 nitrogen and oxygen atoms in total. The molecule has 2 rings (SSSR count). The molecule has 1 aliphatic rings. The fourth-order valence-corrected chi connectivity index (χ4v) is 2.28. The van der Waals surface area contributed by atoms with Crippen LogP contribution in [0.15, 0.2) is 24.3 Å². The van der Waals surface area contributed by atoms with Crippen LogP contribution in [0.4, 0.5) is 5.69 Å². The van der Waals surface area contributed by atoms with E-state index in [0.29, 0.717) is 17.4 Å². The fraction of sp³-hybridized carbons (Fsp3) is 0.533. The summed E-state index contributed by atoms with van der Waals surface area (Å²) in [5.41, 5.74) is 6.29. The third-order valence-corrected chi connectivity index (χ3v) is 3.52. The minimum absolute atomic E-state index is 0.0149. The number of anilines is 1. The topological polar surface area (TPSA) is 64.8 Å². The van der Waals surface area contributed by atoms with E-state index in [9.17, 15) is 4.79 Å². The summed E-state index contributed by atoms with van der Waals surface area (Å²) in [6, 6.07) is 7.10. The average molecular weight is 278 g/mol. The molecule has 1 aromatic rings. The Labute approximate surface area is 119 Å². The molecule has 0 saturated carbocycles. The molecular weight excluding hydrogens is 256 g/mol. The summed E-state index contributed by atoms with van der Waals surface area (Å²) in [6.45, 7) is 2.41. The van der Waals surface area contributed by atoms with Gasteiger partial charge >= 0.3 is 0 Å². The highest BCUT2D eigenvalue weighted by molar-refractivity contribution is 5.77. The number of ether oxygens (including phenoxy) is 2. The Hall–Kier alpha value is -1.75. The lowest BCUT2D eigenvalue weighted by Crippen LogP contribution is -2.36. The number of hydrogen-bond donors (Lipinski definition) is 1. The molecule has 20 heavy (non-hydrogen) atoms. The van der Waals surface area contributed by atoms with Gasteiger partial charge in [0.25, 0.3) is 5.91 Å². The summed E-state index contributed by atoms with van der Waals surface area (Å²) >= 11 is 0. The van der Waals surface area contributed by atoms with E-state index in [1.165, 1.54) is 0 Å². The van der Waals surface area contributed by atoms with E-state index in [2.05, 4.69) is 0 Å². The normalized spacial score (nSPS) is 15.8. The highest BCUT2D eigenvalue weighted by Gasteiger charge is 2.18. The highest BCUT2D eigenvalue weighted by atomic mass is 16.5. The van der Waals surface area contributed by atoms with Crippen LogP contribution in [-0.2, 0) is 9.53 Å². The van der Waals surface area contributed by atoms with Gasteiger partial charge in [-0.1, -0.05) is 6.07 Å². The van der Waals surface area contributed by atoms with Gasteiger partial charge in [0.15, 0.2) is 6.61 Å². The maximum absolute atomic E-state index is 12.0. The molecule has 5 heteroatoms. The molecule has 0 aliphatic carbocycles.